The highest BCUT2D eigenvalue weighted by Gasteiger charge is 2.33. The minimum Gasteiger partial charge on any atom is -0.326 e. The monoisotopic (exact) mass is 305 g/mol. The summed E-state index contributed by atoms with van der Waals surface area (Å²) in [5.41, 5.74) is 5.06. The maximum atomic E-state index is 11.9. The molecule has 21 heavy (non-hydrogen) atoms. The van der Waals surface area contributed by atoms with Crippen LogP contribution in [0.15, 0.2) is 29.4 Å². The predicted octanol–water partition coefficient (Wildman–Crippen LogP) is 2.26. The number of alkyl halides is 1. The van der Waals surface area contributed by atoms with E-state index >= 15 is 0 Å². The summed E-state index contributed by atoms with van der Waals surface area (Å²) in [7, 11) is 0. The summed E-state index contributed by atoms with van der Waals surface area (Å²) in [6.07, 6.45) is 2.60. The molecule has 5 nitrogen and oxygen atoms in total. The third-order valence-corrected chi connectivity index (χ3v) is 4.20. The molecule has 3 rings (SSSR count). The van der Waals surface area contributed by atoms with Crippen LogP contribution in [-0.4, -0.2) is 22.9 Å². The van der Waals surface area contributed by atoms with Crippen molar-refractivity contribution >= 4 is 34.8 Å². The molecule has 1 heterocycles. The molecule has 0 atom stereocenters. The largest absolute Gasteiger partial charge is 0.326 e. The lowest BCUT2D eigenvalue weighted by atomic mass is 9.84. The third-order valence-electron chi connectivity index (χ3n) is 3.84. The molecule has 1 aliphatic heterocycles. The molecule has 2 amide bonds. The molecule has 2 N–H and O–H groups in total. The van der Waals surface area contributed by atoms with Crippen molar-refractivity contribution in [3.8, 4) is 0 Å². The van der Waals surface area contributed by atoms with Crippen LogP contribution in [0.2, 0.25) is 0 Å². The molecule has 1 fully saturated rings. The van der Waals surface area contributed by atoms with Crippen molar-refractivity contribution in [1.29, 1.82) is 0 Å². The van der Waals surface area contributed by atoms with E-state index < -0.39 is 0 Å². The number of halogens is 1. The van der Waals surface area contributed by atoms with E-state index in [2.05, 4.69) is 15.8 Å². The summed E-state index contributed by atoms with van der Waals surface area (Å²) >= 11 is 5.88. The van der Waals surface area contributed by atoms with Gasteiger partial charge in [-0.1, -0.05) is 12.1 Å². The van der Waals surface area contributed by atoms with Crippen molar-refractivity contribution in [2.75, 3.05) is 5.32 Å². The van der Waals surface area contributed by atoms with E-state index in [9.17, 15) is 9.59 Å². The molecule has 0 saturated heterocycles. The first kappa shape index (κ1) is 14.1. The lowest BCUT2D eigenvalue weighted by molar-refractivity contribution is -0.122. The zero-order valence-corrected chi connectivity index (χ0v) is 12.2. The Balaban J connectivity index is 1.61. The smallest absolute Gasteiger partial charge is 0.240 e. The van der Waals surface area contributed by atoms with Crippen molar-refractivity contribution < 1.29 is 9.59 Å². The highest BCUT2D eigenvalue weighted by atomic mass is 35.5. The molecular weight excluding hydrogens is 290 g/mol. The Morgan fingerprint density at radius 1 is 1.24 bits per heavy atom. The number of nitrogens with one attached hydrogen (secondary N) is 2. The Hall–Kier alpha value is -1.88. The summed E-state index contributed by atoms with van der Waals surface area (Å²) in [5, 5.41) is 7.08. The number of nitrogens with zero attached hydrogens (tertiary/aromatic N) is 1. The average Bonchev–Trinajstić information content (AvgIpc) is 2.46. The van der Waals surface area contributed by atoms with Crippen molar-refractivity contribution in [1.82, 2.24) is 5.43 Å². The lowest BCUT2D eigenvalue weighted by Gasteiger charge is -2.29. The maximum Gasteiger partial charge on any atom is 0.240 e. The second kappa shape index (κ2) is 5.85. The molecule has 0 aromatic heterocycles. The van der Waals surface area contributed by atoms with Gasteiger partial charge in [-0.2, -0.15) is 5.10 Å². The molecule has 0 spiro atoms. The molecule has 2 aliphatic rings. The molecule has 1 saturated carbocycles. The Morgan fingerprint density at radius 3 is 2.52 bits per heavy atom. The van der Waals surface area contributed by atoms with Crippen LogP contribution in [0.5, 0.6) is 0 Å². The standard InChI is InChI=1S/C15H16ClN3O2/c16-11-7-10(8-11)15(21)17-12-3-1-9(2-4-12)13-5-6-14(20)19-18-13/h1-4,10-11H,5-8H2,(H,17,21)(H,19,20)/t10-,11-. The van der Waals surface area contributed by atoms with E-state index in [1.807, 2.05) is 24.3 Å². The van der Waals surface area contributed by atoms with Gasteiger partial charge in [-0.25, -0.2) is 5.43 Å². The van der Waals surface area contributed by atoms with Gasteiger partial charge in [-0.15, -0.1) is 11.6 Å². The number of amides is 2. The van der Waals surface area contributed by atoms with Gasteiger partial charge in [0.15, 0.2) is 0 Å². The summed E-state index contributed by atoms with van der Waals surface area (Å²) in [6.45, 7) is 0. The minimum atomic E-state index is -0.0549. The molecule has 1 aromatic carbocycles. The van der Waals surface area contributed by atoms with Gasteiger partial charge in [0.1, 0.15) is 0 Å². The van der Waals surface area contributed by atoms with E-state index in [-0.39, 0.29) is 23.1 Å². The Kier molecular flexibility index (Phi) is 3.92. The topological polar surface area (TPSA) is 70.6 Å². The molecule has 0 unspecified atom stereocenters. The van der Waals surface area contributed by atoms with Gasteiger partial charge in [-0.3, -0.25) is 9.59 Å². The molecule has 1 aliphatic carbocycles. The van der Waals surface area contributed by atoms with Crippen molar-refractivity contribution in [2.24, 2.45) is 11.0 Å². The van der Waals surface area contributed by atoms with E-state index in [1.165, 1.54) is 0 Å². The number of hydrogen-bond acceptors (Lipinski definition) is 3. The Bertz CT molecular complexity index is 591. The van der Waals surface area contributed by atoms with Crippen LogP contribution in [0.1, 0.15) is 31.2 Å². The number of hydrogen-bond donors (Lipinski definition) is 2. The Morgan fingerprint density at radius 2 is 1.95 bits per heavy atom. The number of benzene rings is 1. The minimum absolute atomic E-state index is 0.0296. The van der Waals surface area contributed by atoms with Crippen LogP contribution in [0.25, 0.3) is 0 Å². The van der Waals surface area contributed by atoms with Gasteiger partial charge in [0.2, 0.25) is 11.8 Å². The van der Waals surface area contributed by atoms with E-state index in [0.717, 1.165) is 29.8 Å². The number of hydrazone groups is 1. The summed E-state index contributed by atoms with van der Waals surface area (Å²) < 4.78 is 0. The fourth-order valence-electron chi connectivity index (χ4n) is 2.44. The van der Waals surface area contributed by atoms with E-state index in [0.29, 0.717) is 12.8 Å². The SMILES string of the molecule is O=C1CCC(c2ccc(NC(=O)[C@H]3C[C@H](Cl)C3)cc2)=NN1. The molecule has 0 bridgehead atoms. The summed E-state index contributed by atoms with van der Waals surface area (Å²) in [5.74, 6) is 0.00718. The zero-order valence-electron chi connectivity index (χ0n) is 11.4. The van der Waals surface area contributed by atoms with E-state index in [4.69, 9.17) is 11.6 Å². The maximum absolute atomic E-state index is 11.9. The zero-order chi connectivity index (χ0) is 14.8. The Labute approximate surface area is 127 Å². The van der Waals surface area contributed by atoms with Crippen molar-refractivity contribution in [3.63, 3.8) is 0 Å². The first-order chi connectivity index (χ1) is 10.1. The summed E-state index contributed by atoms with van der Waals surface area (Å²) in [4.78, 5) is 23.0. The fraction of sp³-hybridized carbons (Fsp3) is 0.400. The van der Waals surface area contributed by atoms with E-state index in [1.54, 1.807) is 0 Å². The number of rotatable bonds is 3. The summed E-state index contributed by atoms with van der Waals surface area (Å²) in [6, 6.07) is 7.50. The normalized spacial score (nSPS) is 24.6. The fourth-order valence-corrected chi connectivity index (χ4v) is 2.87. The highest BCUT2D eigenvalue weighted by molar-refractivity contribution is 6.21. The van der Waals surface area contributed by atoms with Crippen LogP contribution in [0, 0.1) is 5.92 Å². The average molecular weight is 306 g/mol. The second-order valence-electron chi connectivity index (χ2n) is 5.43. The van der Waals surface area contributed by atoms with Gasteiger partial charge in [0, 0.05) is 29.8 Å². The highest BCUT2D eigenvalue weighted by Crippen LogP contribution is 2.32. The van der Waals surface area contributed by atoms with Crippen LogP contribution in [0.3, 0.4) is 0 Å². The van der Waals surface area contributed by atoms with Gasteiger partial charge < -0.3 is 5.32 Å². The molecule has 0 radical (unpaired) electrons. The first-order valence-corrected chi connectivity index (χ1v) is 7.46. The van der Waals surface area contributed by atoms with Crippen LogP contribution >= 0.6 is 11.6 Å². The molecule has 6 heteroatoms. The van der Waals surface area contributed by atoms with Crippen LogP contribution in [-0.2, 0) is 9.59 Å². The van der Waals surface area contributed by atoms with Crippen molar-refractivity contribution in [2.45, 2.75) is 31.1 Å². The first-order valence-electron chi connectivity index (χ1n) is 7.02. The third kappa shape index (κ3) is 3.24. The van der Waals surface area contributed by atoms with Gasteiger partial charge in [-0.05, 0) is 30.5 Å². The van der Waals surface area contributed by atoms with Crippen molar-refractivity contribution in [3.05, 3.63) is 29.8 Å². The number of carbonyl (C=O) groups is 2. The van der Waals surface area contributed by atoms with Gasteiger partial charge >= 0.3 is 0 Å². The van der Waals surface area contributed by atoms with Gasteiger partial charge in [0.05, 0.1) is 5.71 Å². The van der Waals surface area contributed by atoms with Crippen LogP contribution < -0.4 is 10.7 Å². The molecule has 1 aromatic rings. The number of carbonyl (C=O) groups excluding carboxylic acids is 2. The lowest BCUT2D eigenvalue weighted by Crippen LogP contribution is -2.34. The van der Waals surface area contributed by atoms with Crippen LogP contribution in [0.4, 0.5) is 5.69 Å². The molecular formula is C15H16ClN3O2. The quantitative estimate of drug-likeness (QED) is 0.841. The van der Waals surface area contributed by atoms with Gasteiger partial charge in [0.25, 0.3) is 0 Å². The predicted molar refractivity (Wildman–Crippen MR) is 81.4 cm³/mol. The number of anilines is 1. The molecule has 110 valence electrons. The second-order valence-corrected chi connectivity index (χ2v) is 6.04.